The minimum absolute atomic E-state index is 0.0301. The molecule has 4 aliphatic rings. The fraction of sp³-hybridized carbons (Fsp3) is 0.458. The van der Waals surface area contributed by atoms with Gasteiger partial charge in [0.05, 0.1) is 21.1 Å². The number of aryl methyl sites for hydroxylation is 1. The zero-order valence-corrected chi connectivity index (χ0v) is 19.2. The number of nitrogens with one attached hydrogen (secondary N) is 2. The molecule has 0 aliphatic heterocycles. The van der Waals surface area contributed by atoms with Crippen molar-refractivity contribution < 1.29 is 18.1 Å². The number of anilines is 1. The molecule has 4 saturated carbocycles. The number of carbonyl (C=O) groups is 1. The molecule has 2 aromatic carbocycles. The zero-order valence-electron chi connectivity index (χ0n) is 18.4. The van der Waals surface area contributed by atoms with Crippen LogP contribution in [0.5, 0.6) is 0 Å². The number of nitro benzene ring substituents is 1. The average Bonchev–Trinajstić information content (AvgIpc) is 2.76. The number of hydrogen-bond donors (Lipinski definition) is 2. The lowest BCUT2D eigenvalue weighted by Gasteiger charge is -2.54. The van der Waals surface area contributed by atoms with E-state index in [1.54, 1.807) is 12.1 Å². The lowest BCUT2D eigenvalue weighted by atomic mass is 9.54. The van der Waals surface area contributed by atoms with Gasteiger partial charge < -0.3 is 5.32 Å². The number of carbonyl (C=O) groups excluding carboxylic acids is 1. The highest BCUT2D eigenvalue weighted by Crippen LogP contribution is 2.53. The molecular weight excluding hydrogens is 442 g/mol. The Morgan fingerprint density at radius 1 is 0.970 bits per heavy atom. The van der Waals surface area contributed by atoms with Crippen molar-refractivity contribution >= 4 is 27.3 Å². The summed E-state index contributed by atoms with van der Waals surface area (Å²) in [5, 5.41) is 14.5. The molecule has 0 radical (unpaired) electrons. The van der Waals surface area contributed by atoms with E-state index in [1.165, 1.54) is 30.7 Å². The van der Waals surface area contributed by atoms with E-state index in [0.29, 0.717) is 11.8 Å². The van der Waals surface area contributed by atoms with Crippen LogP contribution < -0.4 is 10.0 Å². The number of sulfonamides is 1. The van der Waals surface area contributed by atoms with Crippen LogP contribution in [0.4, 0.5) is 11.4 Å². The Hall–Kier alpha value is -2.94. The molecule has 33 heavy (non-hydrogen) atoms. The van der Waals surface area contributed by atoms with E-state index in [0.717, 1.165) is 49.1 Å². The molecule has 2 N–H and O–H groups in total. The summed E-state index contributed by atoms with van der Waals surface area (Å²) in [5.41, 5.74) is 0.653. The van der Waals surface area contributed by atoms with Crippen LogP contribution in [-0.4, -0.2) is 25.3 Å². The number of nitro groups is 1. The monoisotopic (exact) mass is 469 g/mol. The number of benzene rings is 2. The molecule has 9 heteroatoms. The Bertz CT molecular complexity index is 1180. The van der Waals surface area contributed by atoms with Crippen LogP contribution in [0.2, 0.25) is 0 Å². The SMILES string of the molecule is Cc1ccc(S(=O)(=O)Nc2ccc([N+](=O)[O-])cc2C(=O)NC2C3CC4CC(C3)CC2C4)cc1. The van der Waals surface area contributed by atoms with Crippen molar-refractivity contribution in [3.63, 3.8) is 0 Å². The number of rotatable bonds is 6. The Labute approximate surface area is 193 Å². The topological polar surface area (TPSA) is 118 Å². The van der Waals surface area contributed by atoms with Crippen molar-refractivity contribution in [2.75, 3.05) is 4.72 Å². The predicted octanol–water partition coefficient (Wildman–Crippen LogP) is 4.26. The lowest BCUT2D eigenvalue weighted by molar-refractivity contribution is -0.384. The number of nitrogens with zero attached hydrogens (tertiary/aromatic N) is 1. The van der Waals surface area contributed by atoms with Crippen molar-refractivity contribution in [2.24, 2.45) is 23.7 Å². The molecule has 0 saturated heterocycles. The summed E-state index contributed by atoms with van der Waals surface area (Å²) < 4.78 is 28.3. The van der Waals surface area contributed by atoms with Gasteiger partial charge in [0.1, 0.15) is 0 Å². The number of non-ortho nitro benzene ring substituents is 1. The van der Waals surface area contributed by atoms with E-state index in [1.807, 2.05) is 6.92 Å². The summed E-state index contributed by atoms with van der Waals surface area (Å²) in [4.78, 5) is 24.2. The van der Waals surface area contributed by atoms with Gasteiger partial charge in [-0.25, -0.2) is 8.42 Å². The highest BCUT2D eigenvalue weighted by atomic mass is 32.2. The summed E-state index contributed by atoms with van der Waals surface area (Å²) in [5.74, 6) is 1.87. The highest BCUT2D eigenvalue weighted by Gasteiger charge is 2.48. The standard InChI is InChI=1S/C24H27N3O5S/c1-14-2-5-20(6-3-14)33(31,32)26-22-7-4-19(27(29)30)13-21(22)24(28)25-23-17-9-15-8-16(11-17)12-18(23)10-15/h2-7,13,15-18,23,26H,8-12H2,1H3,(H,25,28). The molecule has 1 amide bonds. The van der Waals surface area contributed by atoms with E-state index in [2.05, 4.69) is 10.0 Å². The maximum atomic E-state index is 13.3. The van der Waals surface area contributed by atoms with Crippen LogP contribution in [0.3, 0.4) is 0 Å². The Morgan fingerprint density at radius 2 is 1.58 bits per heavy atom. The third-order valence-electron chi connectivity index (χ3n) is 7.56. The summed E-state index contributed by atoms with van der Waals surface area (Å²) in [6.07, 6.45) is 5.74. The largest absolute Gasteiger partial charge is 0.349 e. The van der Waals surface area contributed by atoms with Gasteiger partial charge in [0, 0.05) is 18.2 Å². The van der Waals surface area contributed by atoms with Crippen LogP contribution in [0, 0.1) is 40.7 Å². The molecule has 174 valence electrons. The molecule has 0 aromatic heterocycles. The van der Waals surface area contributed by atoms with Gasteiger partial charge in [-0.2, -0.15) is 0 Å². The predicted molar refractivity (Wildman–Crippen MR) is 123 cm³/mol. The molecule has 4 aliphatic carbocycles. The van der Waals surface area contributed by atoms with Crippen LogP contribution in [0.15, 0.2) is 47.4 Å². The van der Waals surface area contributed by atoms with E-state index in [9.17, 15) is 23.3 Å². The van der Waals surface area contributed by atoms with Gasteiger partial charge in [0.2, 0.25) is 0 Å². The minimum atomic E-state index is -3.97. The normalized spacial score (nSPS) is 27.8. The molecule has 6 rings (SSSR count). The summed E-state index contributed by atoms with van der Waals surface area (Å²) in [6, 6.07) is 10.0. The third-order valence-corrected chi connectivity index (χ3v) is 8.94. The van der Waals surface area contributed by atoms with Crippen molar-refractivity contribution in [3.05, 3.63) is 63.7 Å². The summed E-state index contributed by atoms with van der Waals surface area (Å²) in [7, 11) is -3.97. The second kappa shape index (κ2) is 8.13. The summed E-state index contributed by atoms with van der Waals surface area (Å²) >= 11 is 0. The van der Waals surface area contributed by atoms with Gasteiger partial charge in [-0.05, 0) is 80.9 Å². The Balaban J connectivity index is 1.43. The molecule has 2 aromatic rings. The lowest BCUT2D eigenvalue weighted by Crippen LogP contribution is -2.55. The maximum absolute atomic E-state index is 13.3. The molecule has 0 spiro atoms. The number of hydrogen-bond acceptors (Lipinski definition) is 5. The van der Waals surface area contributed by atoms with Gasteiger partial charge in [-0.1, -0.05) is 17.7 Å². The molecular formula is C24H27N3O5S. The van der Waals surface area contributed by atoms with Crippen LogP contribution >= 0.6 is 0 Å². The van der Waals surface area contributed by atoms with Gasteiger partial charge in [0.15, 0.2) is 0 Å². The van der Waals surface area contributed by atoms with Crippen LogP contribution in [0.1, 0.15) is 48.0 Å². The van der Waals surface area contributed by atoms with E-state index >= 15 is 0 Å². The van der Waals surface area contributed by atoms with E-state index in [-0.39, 0.29) is 27.9 Å². The highest BCUT2D eigenvalue weighted by molar-refractivity contribution is 7.92. The van der Waals surface area contributed by atoms with Gasteiger partial charge in [0.25, 0.3) is 21.6 Å². The quantitative estimate of drug-likeness (QED) is 0.484. The van der Waals surface area contributed by atoms with Gasteiger partial charge in [-0.15, -0.1) is 0 Å². The zero-order chi connectivity index (χ0) is 23.3. The average molecular weight is 470 g/mol. The molecule has 8 nitrogen and oxygen atoms in total. The Kier molecular flexibility index (Phi) is 5.39. The smallest absolute Gasteiger partial charge is 0.270 e. The molecule has 4 bridgehead atoms. The van der Waals surface area contributed by atoms with Crippen molar-refractivity contribution in [3.8, 4) is 0 Å². The molecule has 0 unspecified atom stereocenters. The summed E-state index contributed by atoms with van der Waals surface area (Å²) in [6.45, 7) is 1.85. The van der Waals surface area contributed by atoms with Crippen molar-refractivity contribution in [2.45, 2.75) is 50.0 Å². The van der Waals surface area contributed by atoms with Crippen LogP contribution in [-0.2, 0) is 10.0 Å². The fourth-order valence-electron chi connectivity index (χ4n) is 6.23. The third kappa shape index (κ3) is 4.21. The van der Waals surface area contributed by atoms with Gasteiger partial charge >= 0.3 is 0 Å². The van der Waals surface area contributed by atoms with Crippen molar-refractivity contribution in [1.29, 1.82) is 0 Å². The molecule has 4 fully saturated rings. The van der Waals surface area contributed by atoms with Crippen LogP contribution in [0.25, 0.3) is 0 Å². The second-order valence-corrected chi connectivity index (χ2v) is 11.5. The Morgan fingerprint density at radius 3 is 2.15 bits per heavy atom. The fourth-order valence-corrected chi connectivity index (χ4v) is 7.31. The first-order chi connectivity index (χ1) is 15.7. The van der Waals surface area contributed by atoms with Crippen molar-refractivity contribution in [1.82, 2.24) is 5.32 Å². The van der Waals surface area contributed by atoms with Gasteiger partial charge in [-0.3, -0.25) is 19.6 Å². The first kappa shape index (κ1) is 21.9. The molecule has 0 heterocycles. The molecule has 0 atom stereocenters. The first-order valence-corrected chi connectivity index (χ1v) is 12.9. The number of amides is 1. The first-order valence-electron chi connectivity index (χ1n) is 11.4. The maximum Gasteiger partial charge on any atom is 0.270 e. The minimum Gasteiger partial charge on any atom is -0.349 e. The van der Waals surface area contributed by atoms with E-state index in [4.69, 9.17) is 0 Å². The van der Waals surface area contributed by atoms with E-state index < -0.39 is 20.9 Å². The second-order valence-electron chi connectivity index (χ2n) is 9.84.